The van der Waals surface area contributed by atoms with E-state index in [0.29, 0.717) is 5.92 Å². The van der Waals surface area contributed by atoms with Crippen LogP contribution >= 0.6 is 0 Å². The number of nitrogens with one attached hydrogen (secondary N) is 3. The zero-order valence-corrected chi connectivity index (χ0v) is 11.2. The summed E-state index contributed by atoms with van der Waals surface area (Å²) < 4.78 is 5.66. The highest BCUT2D eigenvalue weighted by molar-refractivity contribution is 5.75. The largest absolute Gasteiger partial charge is 0.378 e. The van der Waals surface area contributed by atoms with Crippen LogP contribution in [-0.2, 0) is 4.74 Å². The highest BCUT2D eigenvalue weighted by Gasteiger charge is 2.32. The topological polar surface area (TPSA) is 69.9 Å². The molecule has 3 atom stereocenters. The van der Waals surface area contributed by atoms with Crippen molar-refractivity contribution in [3.05, 3.63) is 34.2 Å². The van der Waals surface area contributed by atoms with E-state index < -0.39 is 0 Å². The van der Waals surface area contributed by atoms with Gasteiger partial charge in [-0.05, 0) is 38.1 Å². The summed E-state index contributed by atoms with van der Waals surface area (Å²) in [6.45, 7) is 2.95. The second kappa shape index (κ2) is 4.83. The normalized spacial score (nSPS) is 24.9. The second-order valence-corrected chi connectivity index (χ2v) is 5.18. The Balaban J connectivity index is 1.98. The number of hydrogen-bond donors (Lipinski definition) is 3. The number of aromatic nitrogens is 2. The minimum Gasteiger partial charge on any atom is -0.378 e. The lowest BCUT2D eigenvalue weighted by Crippen LogP contribution is -2.29. The molecule has 1 aromatic carbocycles. The molecule has 0 saturated carbocycles. The first-order valence-corrected chi connectivity index (χ1v) is 6.70. The smallest absolute Gasteiger partial charge is 0.323 e. The number of aromatic amines is 2. The molecule has 1 aliphatic rings. The second-order valence-electron chi connectivity index (χ2n) is 5.18. The molecule has 0 spiro atoms. The van der Waals surface area contributed by atoms with Crippen molar-refractivity contribution in [1.29, 1.82) is 0 Å². The van der Waals surface area contributed by atoms with Gasteiger partial charge in [0.2, 0.25) is 0 Å². The summed E-state index contributed by atoms with van der Waals surface area (Å²) in [5.74, 6) is 0.466. The Morgan fingerprint density at radius 1 is 1.37 bits per heavy atom. The van der Waals surface area contributed by atoms with Crippen LogP contribution in [0.25, 0.3) is 11.0 Å². The van der Waals surface area contributed by atoms with Gasteiger partial charge < -0.3 is 20.0 Å². The molecule has 0 radical (unpaired) electrons. The maximum atomic E-state index is 11.3. The van der Waals surface area contributed by atoms with Gasteiger partial charge in [-0.2, -0.15) is 0 Å². The number of hydrogen-bond acceptors (Lipinski definition) is 3. The molecule has 5 nitrogen and oxygen atoms in total. The number of imidazole rings is 1. The number of fused-ring (bicyclic) bond motifs is 1. The van der Waals surface area contributed by atoms with Crippen molar-refractivity contribution < 1.29 is 4.74 Å². The highest BCUT2D eigenvalue weighted by atomic mass is 16.5. The van der Waals surface area contributed by atoms with E-state index in [-0.39, 0.29) is 17.8 Å². The minimum absolute atomic E-state index is 0.161. The SMILES string of the molecule is CNC(c1ccc2[nH]c(=O)[nH]c2c1)C1CCOC1C. The summed E-state index contributed by atoms with van der Waals surface area (Å²) in [7, 11) is 1.97. The lowest BCUT2D eigenvalue weighted by molar-refractivity contribution is 0.0963. The zero-order chi connectivity index (χ0) is 13.4. The van der Waals surface area contributed by atoms with Crippen LogP contribution in [0.15, 0.2) is 23.0 Å². The van der Waals surface area contributed by atoms with Gasteiger partial charge in [-0.25, -0.2) is 4.79 Å². The van der Waals surface area contributed by atoms with Gasteiger partial charge in [0, 0.05) is 18.6 Å². The quantitative estimate of drug-likeness (QED) is 0.785. The number of rotatable bonds is 3. The molecule has 3 N–H and O–H groups in total. The molecule has 0 aliphatic carbocycles. The molecular weight excluding hydrogens is 242 g/mol. The lowest BCUT2D eigenvalue weighted by atomic mass is 9.88. The standard InChI is InChI=1S/C14H19N3O2/c1-8-10(5-6-19-8)13(15-2)9-3-4-11-12(7-9)17-14(18)16-11/h3-4,7-8,10,13,15H,5-6H2,1-2H3,(H2,16,17,18). The summed E-state index contributed by atoms with van der Waals surface area (Å²) in [5.41, 5.74) is 2.73. The van der Waals surface area contributed by atoms with Crippen LogP contribution in [0.1, 0.15) is 24.9 Å². The summed E-state index contributed by atoms with van der Waals surface area (Å²) in [4.78, 5) is 16.9. The fourth-order valence-corrected chi connectivity index (χ4v) is 3.06. The molecule has 2 aromatic rings. The molecule has 2 heterocycles. The van der Waals surface area contributed by atoms with E-state index in [9.17, 15) is 4.79 Å². The fourth-order valence-electron chi connectivity index (χ4n) is 3.06. The maximum absolute atomic E-state index is 11.3. The monoisotopic (exact) mass is 261 g/mol. The average molecular weight is 261 g/mol. The third-order valence-electron chi connectivity index (χ3n) is 4.07. The van der Waals surface area contributed by atoms with Crippen LogP contribution in [0.4, 0.5) is 0 Å². The van der Waals surface area contributed by atoms with Crippen LogP contribution < -0.4 is 11.0 Å². The Bertz CT molecular complexity index is 631. The van der Waals surface area contributed by atoms with E-state index >= 15 is 0 Å². The molecule has 1 aromatic heterocycles. The van der Waals surface area contributed by atoms with Crippen LogP contribution in [0.2, 0.25) is 0 Å². The summed E-state index contributed by atoms with van der Waals surface area (Å²) in [6.07, 6.45) is 1.33. The van der Waals surface area contributed by atoms with E-state index in [0.717, 1.165) is 24.1 Å². The first kappa shape index (κ1) is 12.4. The Morgan fingerprint density at radius 2 is 2.16 bits per heavy atom. The van der Waals surface area contributed by atoms with Crippen LogP contribution in [0.5, 0.6) is 0 Å². The van der Waals surface area contributed by atoms with Gasteiger partial charge in [-0.15, -0.1) is 0 Å². The van der Waals surface area contributed by atoms with E-state index in [4.69, 9.17) is 4.74 Å². The summed E-state index contributed by atoms with van der Waals surface area (Å²) in [5, 5.41) is 3.38. The van der Waals surface area contributed by atoms with Crippen molar-refractivity contribution in [1.82, 2.24) is 15.3 Å². The highest BCUT2D eigenvalue weighted by Crippen LogP contribution is 2.33. The molecule has 1 fully saturated rings. The first-order valence-electron chi connectivity index (χ1n) is 6.70. The molecule has 3 rings (SSSR count). The molecule has 5 heteroatoms. The van der Waals surface area contributed by atoms with E-state index in [2.05, 4.69) is 28.3 Å². The fraction of sp³-hybridized carbons (Fsp3) is 0.500. The molecule has 102 valence electrons. The third-order valence-corrected chi connectivity index (χ3v) is 4.07. The van der Waals surface area contributed by atoms with Crippen molar-refractivity contribution in [2.45, 2.75) is 25.5 Å². The van der Waals surface area contributed by atoms with E-state index in [1.807, 2.05) is 19.2 Å². The molecule has 1 saturated heterocycles. The van der Waals surface area contributed by atoms with Gasteiger partial charge >= 0.3 is 5.69 Å². The van der Waals surface area contributed by atoms with Crippen molar-refractivity contribution in [2.24, 2.45) is 5.92 Å². The Kier molecular flexibility index (Phi) is 3.16. The minimum atomic E-state index is -0.161. The Morgan fingerprint density at radius 3 is 2.84 bits per heavy atom. The Hall–Kier alpha value is -1.59. The van der Waals surface area contributed by atoms with Gasteiger partial charge in [0.05, 0.1) is 17.1 Å². The molecule has 0 bridgehead atoms. The van der Waals surface area contributed by atoms with Crippen LogP contribution in [0.3, 0.4) is 0 Å². The van der Waals surface area contributed by atoms with Crippen molar-refractivity contribution in [2.75, 3.05) is 13.7 Å². The van der Waals surface area contributed by atoms with Gasteiger partial charge in [0.25, 0.3) is 0 Å². The van der Waals surface area contributed by atoms with E-state index in [1.54, 1.807) is 0 Å². The van der Waals surface area contributed by atoms with Crippen LogP contribution in [-0.4, -0.2) is 29.7 Å². The molecule has 1 aliphatic heterocycles. The third kappa shape index (κ3) is 2.19. The van der Waals surface area contributed by atoms with Gasteiger partial charge in [0.15, 0.2) is 0 Å². The lowest BCUT2D eigenvalue weighted by Gasteiger charge is -2.25. The molecule has 19 heavy (non-hydrogen) atoms. The number of H-pyrrole nitrogens is 2. The zero-order valence-electron chi connectivity index (χ0n) is 11.2. The average Bonchev–Trinajstić information content (AvgIpc) is 2.95. The number of ether oxygens (including phenoxy) is 1. The van der Waals surface area contributed by atoms with Gasteiger partial charge in [-0.3, -0.25) is 0 Å². The van der Waals surface area contributed by atoms with Crippen molar-refractivity contribution >= 4 is 11.0 Å². The predicted molar refractivity (Wildman–Crippen MR) is 74.2 cm³/mol. The van der Waals surface area contributed by atoms with Crippen molar-refractivity contribution in [3.8, 4) is 0 Å². The molecular formula is C14H19N3O2. The van der Waals surface area contributed by atoms with Crippen molar-refractivity contribution in [3.63, 3.8) is 0 Å². The molecule has 3 unspecified atom stereocenters. The number of benzene rings is 1. The Labute approximate surface area is 111 Å². The summed E-state index contributed by atoms with van der Waals surface area (Å²) in [6, 6.07) is 6.31. The van der Waals surface area contributed by atoms with Gasteiger partial charge in [0.1, 0.15) is 0 Å². The van der Waals surface area contributed by atoms with Crippen LogP contribution in [0, 0.1) is 5.92 Å². The van der Waals surface area contributed by atoms with E-state index in [1.165, 1.54) is 5.56 Å². The molecule has 0 amide bonds. The first-order chi connectivity index (χ1) is 9.19. The maximum Gasteiger partial charge on any atom is 0.323 e. The van der Waals surface area contributed by atoms with Gasteiger partial charge in [-0.1, -0.05) is 6.07 Å². The summed E-state index contributed by atoms with van der Waals surface area (Å²) >= 11 is 0. The predicted octanol–water partition coefficient (Wildman–Crippen LogP) is 1.54.